The molecule has 154 valence electrons. The molecule has 1 aromatic carbocycles. The van der Waals surface area contributed by atoms with Crippen molar-refractivity contribution in [3.63, 3.8) is 0 Å². The number of nitrogens with zero attached hydrogens (tertiary/aromatic N) is 6. The number of nitrogens with one attached hydrogen (secondary N) is 1. The van der Waals surface area contributed by atoms with Crippen LogP contribution >= 0.6 is 0 Å². The molecular formula is C20H21N7O3. The molecule has 1 unspecified atom stereocenters. The van der Waals surface area contributed by atoms with Crippen molar-refractivity contribution in [1.29, 1.82) is 0 Å². The number of anilines is 1. The van der Waals surface area contributed by atoms with Gasteiger partial charge in [0.25, 0.3) is 11.8 Å². The maximum Gasteiger partial charge on any atom is 0.291 e. The van der Waals surface area contributed by atoms with Crippen LogP contribution in [-0.4, -0.2) is 55.8 Å². The lowest BCUT2D eigenvalue weighted by molar-refractivity contribution is -0.120. The molecule has 10 nitrogen and oxygen atoms in total. The number of aryl methyl sites for hydroxylation is 2. The Kier molecular flexibility index (Phi) is 4.27. The molecule has 3 aromatic rings. The molecule has 2 aromatic heterocycles. The topological polar surface area (TPSA) is 107 Å². The summed E-state index contributed by atoms with van der Waals surface area (Å²) in [5.74, 6) is 1.49. The van der Waals surface area contributed by atoms with Crippen LogP contribution in [0.3, 0.4) is 0 Å². The highest BCUT2D eigenvalue weighted by Crippen LogP contribution is 2.30. The lowest BCUT2D eigenvalue weighted by Crippen LogP contribution is -2.49. The maximum absolute atomic E-state index is 12.8. The molecule has 0 fully saturated rings. The molecule has 2 aliphatic heterocycles. The third-order valence-corrected chi connectivity index (χ3v) is 5.56. The SMILES string of the molecule is CN1C(=O)[C@@H](NC(=O)c2nc3n(n2)C(c2nccn2C)CC3)COc2ccccc21. The number of hydrogen-bond donors (Lipinski definition) is 1. The first-order valence-corrected chi connectivity index (χ1v) is 9.76. The van der Waals surface area contributed by atoms with Crippen molar-refractivity contribution >= 4 is 17.5 Å². The molecule has 4 heterocycles. The number of carbonyl (C=O) groups excluding carboxylic acids is 2. The van der Waals surface area contributed by atoms with E-state index in [0.29, 0.717) is 17.9 Å². The lowest BCUT2D eigenvalue weighted by atomic mass is 10.2. The van der Waals surface area contributed by atoms with Gasteiger partial charge < -0.3 is 19.5 Å². The molecule has 5 rings (SSSR count). The molecule has 2 atom stereocenters. The molecule has 10 heteroatoms. The number of rotatable bonds is 3. The summed E-state index contributed by atoms with van der Waals surface area (Å²) in [6, 6.07) is 6.37. The van der Waals surface area contributed by atoms with Gasteiger partial charge in [-0.2, -0.15) is 0 Å². The van der Waals surface area contributed by atoms with Crippen LogP contribution in [0.5, 0.6) is 5.75 Å². The Labute approximate surface area is 172 Å². The first-order valence-electron chi connectivity index (χ1n) is 9.76. The van der Waals surface area contributed by atoms with Crippen LogP contribution in [-0.2, 0) is 18.3 Å². The van der Waals surface area contributed by atoms with Crippen LogP contribution in [0.25, 0.3) is 0 Å². The molecule has 0 aliphatic carbocycles. The Hall–Kier alpha value is -3.69. The second-order valence-electron chi connectivity index (χ2n) is 7.45. The van der Waals surface area contributed by atoms with E-state index in [2.05, 4.69) is 20.4 Å². The molecule has 0 spiro atoms. The van der Waals surface area contributed by atoms with E-state index in [-0.39, 0.29) is 24.4 Å². The molecule has 30 heavy (non-hydrogen) atoms. The number of carbonyl (C=O) groups is 2. The zero-order chi connectivity index (χ0) is 20.8. The number of imidazole rings is 1. The standard InChI is InChI=1S/C20H21N7O3/c1-25-10-9-21-18(25)14-7-8-16-23-17(24-27(14)16)19(28)22-12-11-30-15-6-4-3-5-13(15)26(2)20(12)29/h3-6,9-10,12,14H,7-8,11H2,1-2H3,(H,22,28)/t12-,14?/m0/s1. The van der Waals surface area contributed by atoms with Gasteiger partial charge in [-0.05, 0) is 18.6 Å². The maximum atomic E-state index is 12.8. The average Bonchev–Trinajstić information content (AvgIpc) is 3.44. The van der Waals surface area contributed by atoms with Gasteiger partial charge in [0.1, 0.15) is 36.1 Å². The zero-order valence-corrected chi connectivity index (χ0v) is 16.6. The summed E-state index contributed by atoms with van der Waals surface area (Å²) in [6.07, 6.45) is 5.16. The summed E-state index contributed by atoms with van der Waals surface area (Å²) in [5.41, 5.74) is 0.663. The molecule has 0 saturated carbocycles. The van der Waals surface area contributed by atoms with Crippen molar-refractivity contribution in [2.75, 3.05) is 18.6 Å². The minimum Gasteiger partial charge on any atom is -0.489 e. The van der Waals surface area contributed by atoms with Crippen LogP contribution < -0.4 is 15.0 Å². The van der Waals surface area contributed by atoms with Crippen LogP contribution in [0.1, 0.15) is 34.7 Å². The van der Waals surface area contributed by atoms with Gasteiger partial charge in [-0.3, -0.25) is 9.59 Å². The smallest absolute Gasteiger partial charge is 0.291 e. The van der Waals surface area contributed by atoms with E-state index < -0.39 is 11.9 Å². The molecular weight excluding hydrogens is 386 g/mol. The summed E-state index contributed by atoms with van der Waals surface area (Å²) < 4.78 is 9.44. The summed E-state index contributed by atoms with van der Waals surface area (Å²) in [7, 11) is 3.59. The van der Waals surface area contributed by atoms with Crippen molar-refractivity contribution in [2.45, 2.75) is 24.9 Å². The van der Waals surface area contributed by atoms with E-state index in [1.165, 1.54) is 4.90 Å². The van der Waals surface area contributed by atoms with E-state index in [0.717, 1.165) is 18.1 Å². The van der Waals surface area contributed by atoms with Gasteiger partial charge in [0, 0.05) is 32.9 Å². The van der Waals surface area contributed by atoms with Crippen LogP contribution in [0, 0.1) is 0 Å². The molecule has 1 N–H and O–H groups in total. The highest BCUT2D eigenvalue weighted by molar-refractivity contribution is 6.02. The Bertz CT molecular complexity index is 1140. The highest BCUT2D eigenvalue weighted by atomic mass is 16.5. The second-order valence-corrected chi connectivity index (χ2v) is 7.45. The van der Waals surface area contributed by atoms with Crippen LogP contribution in [0.4, 0.5) is 5.69 Å². The minimum absolute atomic E-state index is 0.0371. The molecule has 0 saturated heterocycles. The van der Waals surface area contributed by atoms with Gasteiger partial charge in [0.2, 0.25) is 5.82 Å². The number of benzene rings is 1. The Balaban J connectivity index is 1.35. The Morgan fingerprint density at radius 2 is 2.10 bits per heavy atom. The monoisotopic (exact) mass is 407 g/mol. The second kappa shape index (κ2) is 6.97. The van der Waals surface area contributed by atoms with E-state index in [1.807, 2.05) is 29.9 Å². The summed E-state index contributed by atoms with van der Waals surface area (Å²) in [4.78, 5) is 35.9. The molecule has 2 amide bonds. The van der Waals surface area contributed by atoms with Crippen molar-refractivity contribution in [2.24, 2.45) is 7.05 Å². The van der Waals surface area contributed by atoms with E-state index in [1.54, 1.807) is 30.1 Å². The first kappa shape index (κ1) is 18.3. The van der Waals surface area contributed by atoms with Crippen molar-refractivity contribution in [1.82, 2.24) is 29.6 Å². The summed E-state index contributed by atoms with van der Waals surface area (Å²) in [5, 5.41) is 7.14. The number of fused-ring (bicyclic) bond motifs is 2. The van der Waals surface area contributed by atoms with Gasteiger partial charge in [0.15, 0.2) is 0 Å². The number of ether oxygens (including phenoxy) is 1. The third-order valence-electron chi connectivity index (χ3n) is 5.56. The normalized spacial score (nSPS) is 20.3. The zero-order valence-electron chi connectivity index (χ0n) is 16.6. The average molecular weight is 407 g/mol. The van der Waals surface area contributed by atoms with Crippen molar-refractivity contribution in [3.8, 4) is 5.75 Å². The third kappa shape index (κ3) is 2.92. The summed E-state index contributed by atoms with van der Waals surface area (Å²) >= 11 is 0. The van der Waals surface area contributed by atoms with E-state index >= 15 is 0 Å². The number of para-hydroxylation sites is 2. The fourth-order valence-corrected chi connectivity index (χ4v) is 3.98. The van der Waals surface area contributed by atoms with Gasteiger partial charge in [-0.1, -0.05) is 12.1 Å². The van der Waals surface area contributed by atoms with Gasteiger partial charge in [-0.25, -0.2) is 14.6 Å². The highest BCUT2D eigenvalue weighted by Gasteiger charge is 2.34. The van der Waals surface area contributed by atoms with Crippen LogP contribution in [0.15, 0.2) is 36.7 Å². The van der Waals surface area contributed by atoms with Crippen molar-refractivity contribution in [3.05, 3.63) is 54.1 Å². The molecule has 2 aliphatic rings. The number of aromatic nitrogens is 5. The quantitative estimate of drug-likeness (QED) is 0.685. The number of likely N-dealkylation sites (N-methyl/N-ethyl adjacent to an activating group) is 1. The van der Waals surface area contributed by atoms with Crippen molar-refractivity contribution < 1.29 is 14.3 Å². The predicted molar refractivity (Wildman–Crippen MR) is 106 cm³/mol. The van der Waals surface area contributed by atoms with E-state index in [4.69, 9.17) is 4.74 Å². The Morgan fingerprint density at radius 1 is 1.27 bits per heavy atom. The fraction of sp³-hybridized carbons (Fsp3) is 0.350. The lowest BCUT2D eigenvalue weighted by Gasteiger charge is -2.19. The number of hydrogen-bond acceptors (Lipinski definition) is 6. The first-order chi connectivity index (χ1) is 14.5. The van der Waals surface area contributed by atoms with E-state index in [9.17, 15) is 9.59 Å². The Morgan fingerprint density at radius 3 is 2.90 bits per heavy atom. The number of amides is 2. The molecule has 0 bridgehead atoms. The fourth-order valence-electron chi connectivity index (χ4n) is 3.98. The van der Waals surface area contributed by atoms with Crippen LogP contribution in [0.2, 0.25) is 0 Å². The van der Waals surface area contributed by atoms with Gasteiger partial charge in [0.05, 0.1) is 5.69 Å². The van der Waals surface area contributed by atoms with Gasteiger partial charge in [-0.15, -0.1) is 5.10 Å². The minimum atomic E-state index is -0.835. The molecule has 0 radical (unpaired) electrons. The van der Waals surface area contributed by atoms with Gasteiger partial charge >= 0.3 is 0 Å². The largest absolute Gasteiger partial charge is 0.489 e. The predicted octanol–water partition coefficient (Wildman–Crippen LogP) is 0.701. The summed E-state index contributed by atoms with van der Waals surface area (Å²) in [6.45, 7) is 0.0371.